The van der Waals surface area contributed by atoms with Gasteiger partial charge in [0.1, 0.15) is 12.4 Å². The van der Waals surface area contributed by atoms with Crippen molar-refractivity contribution in [3.63, 3.8) is 0 Å². The molecule has 1 aliphatic carbocycles. The lowest BCUT2D eigenvalue weighted by molar-refractivity contribution is 0.0906. The number of methoxy groups -OCH3 is 1. The van der Waals surface area contributed by atoms with Gasteiger partial charge in [-0.3, -0.25) is 4.79 Å². The molecule has 1 fully saturated rings. The second kappa shape index (κ2) is 8.16. The van der Waals surface area contributed by atoms with E-state index in [0.717, 1.165) is 24.2 Å². The Labute approximate surface area is 157 Å². The van der Waals surface area contributed by atoms with Crippen LogP contribution in [0.3, 0.4) is 0 Å². The van der Waals surface area contributed by atoms with Gasteiger partial charge in [-0.25, -0.2) is 0 Å². The fourth-order valence-electron chi connectivity index (χ4n) is 3.14. The number of hydrogen-bond acceptors (Lipinski definition) is 5. The number of carbonyl (C=O) groups is 1. The van der Waals surface area contributed by atoms with E-state index in [1.807, 2.05) is 17.6 Å². The fraction of sp³-hybridized carbons (Fsp3) is 0.500. The zero-order valence-electron chi connectivity index (χ0n) is 14.9. The van der Waals surface area contributed by atoms with E-state index in [9.17, 15) is 9.90 Å². The molecule has 1 saturated carbocycles. The first-order valence-corrected chi connectivity index (χ1v) is 9.00. The van der Waals surface area contributed by atoms with Gasteiger partial charge in [-0.2, -0.15) is 0 Å². The summed E-state index contributed by atoms with van der Waals surface area (Å²) in [6, 6.07) is 5.41. The van der Waals surface area contributed by atoms with E-state index in [1.54, 1.807) is 19.2 Å². The standard InChI is InChI=1S/C18H23ClN4O3/c1-11-3-4-12(9-15(11)19)18(25)20-14-7-13(8-14)17-22-21-16(10-24)23(17)5-6-26-2/h3-4,9,13-14,24H,5-8,10H2,1-2H3,(H,20,25). The smallest absolute Gasteiger partial charge is 0.251 e. The summed E-state index contributed by atoms with van der Waals surface area (Å²) in [7, 11) is 1.63. The Bertz CT molecular complexity index is 787. The van der Waals surface area contributed by atoms with Gasteiger partial charge in [-0.1, -0.05) is 17.7 Å². The molecule has 0 saturated heterocycles. The second-order valence-corrected chi connectivity index (χ2v) is 6.99. The number of nitrogens with zero attached hydrogens (tertiary/aromatic N) is 3. The lowest BCUT2D eigenvalue weighted by Crippen LogP contribution is -2.44. The van der Waals surface area contributed by atoms with Crippen molar-refractivity contribution in [2.45, 2.75) is 44.9 Å². The number of aryl methyl sites for hydroxylation is 1. The van der Waals surface area contributed by atoms with Crippen LogP contribution in [-0.2, 0) is 17.9 Å². The molecule has 1 aliphatic rings. The summed E-state index contributed by atoms with van der Waals surface area (Å²) in [5.41, 5.74) is 1.51. The van der Waals surface area contributed by atoms with Crippen molar-refractivity contribution in [2.24, 2.45) is 0 Å². The van der Waals surface area contributed by atoms with Crippen molar-refractivity contribution in [3.8, 4) is 0 Å². The molecule has 0 atom stereocenters. The molecule has 0 bridgehead atoms. The number of rotatable bonds is 7. The van der Waals surface area contributed by atoms with Crippen LogP contribution in [0.2, 0.25) is 5.02 Å². The molecule has 1 heterocycles. The molecule has 3 rings (SSSR count). The number of aliphatic hydroxyl groups excluding tert-OH is 1. The summed E-state index contributed by atoms with van der Waals surface area (Å²) < 4.78 is 7.02. The largest absolute Gasteiger partial charge is 0.388 e. The number of amides is 1. The van der Waals surface area contributed by atoms with Crippen molar-refractivity contribution in [1.29, 1.82) is 0 Å². The van der Waals surface area contributed by atoms with Crippen LogP contribution in [-0.4, -0.2) is 45.5 Å². The Morgan fingerprint density at radius 3 is 2.85 bits per heavy atom. The van der Waals surface area contributed by atoms with E-state index in [1.165, 1.54) is 0 Å². The second-order valence-electron chi connectivity index (χ2n) is 6.58. The lowest BCUT2D eigenvalue weighted by Gasteiger charge is -2.35. The highest BCUT2D eigenvalue weighted by molar-refractivity contribution is 6.31. The maximum Gasteiger partial charge on any atom is 0.251 e. The minimum Gasteiger partial charge on any atom is -0.388 e. The van der Waals surface area contributed by atoms with Crippen LogP contribution in [0.15, 0.2) is 18.2 Å². The van der Waals surface area contributed by atoms with E-state index in [0.29, 0.717) is 29.6 Å². The first kappa shape index (κ1) is 18.8. The van der Waals surface area contributed by atoms with Gasteiger partial charge in [-0.05, 0) is 37.5 Å². The summed E-state index contributed by atoms with van der Waals surface area (Å²) in [5, 5.41) is 21.3. The number of hydrogen-bond donors (Lipinski definition) is 2. The van der Waals surface area contributed by atoms with Crippen molar-refractivity contribution >= 4 is 17.5 Å². The summed E-state index contributed by atoms with van der Waals surface area (Å²) >= 11 is 6.09. The SMILES string of the molecule is COCCn1c(CO)nnc1C1CC(NC(=O)c2ccc(C)c(Cl)c2)C1. The van der Waals surface area contributed by atoms with E-state index in [4.69, 9.17) is 16.3 Å². The topological polar surface area (TPSA) is 89.3 Å². The number of aliphatic hydroxyl groups is 1. The Morgan fingerprint density at radius 1 is 1.42 bits per heavy atom. The van der Waals surface area contributed by atoms with Crippen molar-refractivity contribution in [2.75, 3.05) is 13.7 Å². The molecule has 0 aliphatic heterocycles. The highest BCUT2D eigenvalue weighted by atomic mass is 35.5. The third-order valence-corrected chi connectivity index (χ3v) is 5.20. The maximum absolute atomic E-state index is 12.4. The van der Waals surface area contributed by atoms with Crippen LogP contribution in [0.1, 0.15) is 46.3 Å². The lowest BCUT2D eigenvalue weighted by atomic mass is 9.79. The van der Waals surface area contributed by atoms with Crippen LogP contribution in [0, 0.1) is 6.92 Å². The fourth-order valence-corrected chi connectivity index (χ4v) is 3.32. The van der Waals surface area contributed by atoms with Crippen molar-refractivity contribution < 1.29 is 14.6 Å². The number of carbonyl (C=O) groups excluding carboxylic acids is 1. The molecule has 1 amide bonds. The highest BCUT2D eigenvalue weighted by Crippen LogP contribution is 2.36. The zero-order valence-corrected chi connectivity index (χ0v) is 15.7. The molecule has 8 heteroatoms. The highest BCUT2D eigenvalue weighted by Gasteiger charge is 2.35. The summed E-state index contributed by atoms with van der Waals surface area (Å²) in [6.45, 7) is 2.88. The molecule has 2 N–H and O–H groups in total. The molecular weight excluding hydrogens is 356 g/mol. The third kappa shape index (κ3) is 3.90. The Kier molecular flexibility index (Phi) is 5.90. The van der Waals surface area contributed by atoms with Gasteiger partial charge in [-0.15, -0.1) is 10.2 Å². The molecule has 1 aromatic carbocycles. The molecule has 26 heavy (non-hydrogen) atoms. The predicted molar refractivity (Wildman–Crippen MR) is 97.2 cm³/mol. The van der Waals surface area contributed by atoms with Gasteiger partial charge in [0.05, 0.1) is 6.61 Å². The van der Waals surface area contributed by atoms with Crippen LogP contribution in [0.25, 0.3) is 0 Å². The van der Waals surface area contributed by atoms with Crippen LogP contribution in [0.5, 0.6) is 0 Å². The van der Waals surface area contributed by atoms with Gasteiger partial charge in [0.25, 0.3) is 5.91 Å². The van der Waals surface area contributed by atoms with E-state index < -0.39 is 0 Å². The molecule has 0 unspecified atom stereocenters. The molecule has 0 radical (unpaired) electrons. The molecular formula is C18H23ClN4O3. The number of aromatic nitrogens is 3. The van der Waals surface area contributed by atoms with Gasteiger partial charge in [0, 0.05) is 36.2 Å². The maximum atomic E-state index is 12.4. The summed E-state index contributed by atoms with van der Waals surface area (Å²) in [5.74, 6) is 1.48. The normalized spacial score (nSPS) is 19.2. The predicted octanol–water partition coefficient (Wildman–Crippen LogP) is 2.05. The molecule has 1 aromatic heterocycles. The monoisotopic (exact) mass is 378 g/mol. The average molecular weight is 379 g/mol. The van der Waals surface area contributed by atoms with Crippen LogP contribution in [0.4, 0.5) is 0 Å². The number of nitrogens with one attached hydrogen (secondary N) is 1. The third-order valence-electron chi connectivity index (χ3n) is 4.79. The first-order chi connectivity index (χ1) is 12.5. The number of ether oxygens (including phenoxy) is 1. The van der Waals surface area contributed by atoms with Crippen molar-refractivity contribution in [1.82, 2.24) is 20.1 Å². The average Bonchev–Trinajstić information content (AvgIpc) is 3.00. The number of halogens is 1. The quantitative estimate of drug-likeness (QED) is 0.769. The van der Waals surface area contributed by atoms with Gasteiger partial charge in [0.15, 0.2) is 5.82 Å². The minimum absolute atomic E-state index is 0.0951. The Morgan fingerprint density at radius 2 is 2.19 bits per heavy atom. The van der Waals surface area contributed by atoms with E-state index in [2.05, 4.69) is 15.5 Å². The summed E-state index contributed by atoms with van der Waals surface area (Å²) in [6.07, 6.45) is 1.59. The van der Waals surface area contributed by atoms with Gasteiger partial charge in [0.2, 0.25) is 0 Å². The first-order valence-electron chi connectivity index (χ1n) is 8.62. The van der Waals surface area contributed by atoms with Crippen molar-refractivity contribution in [3.05, 3.63) is 46.0 Å². The zero-order chi connectivity index (χ0) is 18.7. The van der Waals surface area contributed by atoms with Crippen LogP contribution < -0.4 is 5.32 Å². The van der Waals surface area contributed by atoms with E-state index >= 15 is 0 Å². The Hall–Kier alpha value is -1.96. The number of benzene rings is 1. The molecule has 2 aromatic rings. The molecule has 0 spiro atoms. The Balaban J connectivity index is 1.59. The van der Waals surface area contributed by atoms with Crippen LogP contribution >= 0.6 is 11.6 Å². The minimum atomic E-state index is -0.155. The van der Waals surface area contributed by atoms with E-state index in [-0.39, 0.29) is 24.5 Å². The summed E-state index contributed by atoms with van der Waals surface area (Å²) in [4.78, 5) is 12.4. The molecule has 140 valence electrons. The van der Waals surface area contributed by atoms with Gasteiger partial charge < -0.3 is 19.7 Å². The molecule has 7 nitrogen and oxygen atoms in total. The van der Waals surface area contributed by atoms with Gasteiger partial charge >= 0.3 is 0 Å².